The number of carbonyl (C=O) groups excluding carboxylic acids is 2. The Morgan fingerprint density at radius 2 is 1.78 bits per heavy atom. The lowest BCUT2D eigenvalue weighted by atomic mass is 9.85. The molecule has 4 fully saturated rings. The standard InChI is InChI=1S/C30H38N4O2/c1-20-28(3-2-12-31-20)34-18-26(19-34)30(36)32-27-8-6-22(7-9-27)23-10-13-33(14-11-23)29(35)17-25-16-21-4-5-24(25)15-21/h2-3,6-9,12,21,23-26H,4-5,10-11,13-19H2,1H3,(H,32,36)/t21-,24?,25?/m1/s1. The van der Waals surface area contributed by atoms with Gasteiger partial charge in [-0.3, -0.25) is 14.6 Å². The third kappa shape index (κ3) is 4.74. The zero-order valence-corrected chi connectivity index (χ0v) is 21.4. The van der Waals surface area contributed by atoms with E-state index < -0.39 is 0 Å². The lowest BCUT2D eigenvalue weighted by Gasteiger charge is -2.40. The third-order valence-electron chi connectivity index (χ3n) is 9.39. The molecule has 4 aliphatic rings. The lowest BCUT2D eigenvalue weighted by molar-refractivity contribution is -0.133. The molecule has 0 radical (unpaired) electrons. The molecule has 2 aromatic rings. The number of carbonyl (C=O) groups is 2. The third-order valence-corrected chi connectivity index (χ3v) is 9.39. The van der Waals surface area contributed by atoms with E-state index in [4.69, 9.17) is 0 Å². The monoisotopic (exact) mass is 486 g/mol. The molecule has 3 heterocycles. The number of aromatic nitrogens is 1. The molecule has 36 heavy (non-hydrogen) atoms. The van der Waals surface area contributed by atoms with Crippen molar-refractivity contribution in [3.05, 3.63) is 53.9 Å². The molecule has 2 unspecified atom stereocenters. The summed E-state index contributed by atoms with van der Waals surface area (Å²) in [5, 5.41) is 3.09. The second kappa shape index (κ2) is 9.87. The van der Waals surface area contributed by atoms with Gasteiger partial charge in [0.05, 0.1) is 17.3 Å². The van der Waals surface area contributed by atoms with Crippen LogP contribution in [-0.4, -0.2) is 47.9 Å². The van der Waals surface area contributed by atoms with E-state index in [1.165, 1.54) is 31.2 Å². The Morgan fingerprint density at radius 1 is 1.00 bits per heavy atom. The molecule has 2 bridgehead atoms. The fourth-order valence-electron chi connectivity index (χ4n) is 7.18. The van der Waals surface area contributed by atoms with Gasteiger partial charge < -0.3 is 15.1 Å². The van der Waals surface area contributed by atoms with Gasteiger partial charge in [0.2, 0.25) is 11.8 Å². The molecular formula is C30H38N4O2. The molecule has 1 aromatic heterocycles. The summed E-state index contributed by atoms with van der Waals surface area (Å²) in [6.07, 6.45) is 10.1. The van der Waals surface area contributed by atoms with Crippen molar-refractivity contribution in [1.82, 2.24) is 9.88 Å². The highest BCUT2D eigenvalue weighted by molar-refractivity contribution is 5.94. The topological polar surface area (TPSA) is 65.5 Å². The van der Waals surface area contributed by atoms with Gasteiger partial charge in [-0.05, 0) is 92.5 Å². The van der Waals surface area contributed by atoms with Crippen molar-refractivity contribution in [3.8, 4) is 0 Å². The molecule has 190 valence electrons. The lowest BCUT2D eigenvalue weighted by Crippen LogP contribution is -2.52. The van der Waals surface area contributed by atoms with Gasteiger partial charge >= 0.3 is 0 Å². The molecule has 6 rings (SSSR count). The van der Waals surface area contributed by atoms with Crippen LogP contribution in [0.5, 0.6) is 0 Å². The number of nitrogens with zero attached hydrogens (tertiary/aromatic N) is 3. The van der Waals surface area contributed by atoms with Crippen molar-refractivity contribution in [3.63, 3.8) is 0 Å². The van der Waals surface area contributed by atoms with E-state index in [0.29, 0.717) is 17.7 Å². The SMILES string of the molecule is Cc1ncccc1N1CC(C(=O)Nc2ccc(C3CCN(C(=O)CC4C[C@@H]5CCC4C5)CC3)cc2)C1. The van der Waals surface area contributed by atoms with E-state index in [2.05, 4.69) is 38.3 Å². The number of benzene rings is 1. The van der Waals surface area contributed by atoms with Gasteiger partial charge in [0.15, 0.2) is 0 Å². The fourth-order valence-corrected chi connectivity index (χ4v) is 7.18. The largest absolute Gasteiger partial charge is 0.368 e. The Kier molecular flexibility index (Phi) is 6.44. The molecule has 6 nitrogen and oxygen atoms in total. The number of hydrogen-bond acceptors (Lipinski definition) is 4. The van der Waals surface area contributed by atoms with Crippen LogP contribution in [0.25, 0.3) is 0 Å². The van der Waals surface area contributed by atoms with E-state index >= 15 is 0 Å². The highest BCUT2D eigenvalue weighted by Crippen LogP contribution is 2.49. The first-order chi connectivity index (χ1) is 17.5. The zero-order chi connectivity index (χ0) is 24.6. The molecule has 1 N–H and O–H groups in total. The van der Waals surface area contributed by atoms with Gasteiger partial charge in [-0.2, -0.15) is 0 Å². The maximum absolute atomic E-state index is 12.9. The molecule has 2 aliphatic carbocycles. The Morgan fingerprint density at radius 3 is 2.44 bits per heavy atom. The minimum atomic E-state index is 0.00515. The molecule has 3 atom stereocenters. The molecular weight excluding hydrogens is 448 g/mol. The number of amides is 2. The van der Waals surface area contributed by atoms with E-state index in [-0.39, 0.29) is 11.8 Å². The van der Waals surface area contributed by atoms with Gasteiger partial charge in [-0.15, -0.1) is 0 Å². The smallest absolute Gasteiger partial charge is 0.231 e. The van der Waals surface area contributed by atoms with Crippen LogP contribution in [0.4, 0.5) is 11.4 Å². The quantitative estimate of drug-likeness (QED) is 0.624. The molecule has 2 saturated heterocycles. The number of fused-ring (bicyclic) bond motifs is 2. The average molecular weight is 487 g/mol. The van der Waals surface area contributed by atoms with Gasteiger partial charge in [0.25, 0.3) is 0 Å². The van der Waals surface area contributed by atoms with Crippen LogP contribution in [0.2, 0.25) is 0 Å². The van der Waals surface area contributed by atoms with Gasteiger partial charge in [0, 0.05) is 44.5 Å². The minimum Gasteiger partial charge on any atom is -0.368 e. The molecule has 0 spiro atoms. The van der Waals surface area contributed by atoms with E-state index in [0.717, 1.165) is 74.3 Å². The number of aryl methyl sites for hydroxylation is 1. The van der Waals surface area contributed by atoms with Crippen molar-refractivity contribution < 1.29 is 9.59 Å². The predicted molar refractivity (Wildman–Crippen MR) is 142 cm³/mol. The highest BCUT2D eigenvalue weighted by atomic mass is 16.2. The summed E-state index contributed by atoms with van der Waals surface area (Å²) in [6.45, 7) is 5.21. The first-order valence-electron chi connectivity index (χ1n) is 13.9. The van der Waals surface area contributed by atoms with Crippen molar-refractivity contribution in [2.75, 3.05) is 36.4 Å². The number of nitrogens with one attached hydrogen (secondary N) is 1. The summed E-state index contributed by atoms with van der Waals surface area (Å²) in [7, 11) is 0. The second-order valence-electron chi connectivity index (χ2n) is 11.6. The van der Waals surface area contributed by atoms with Crippen LogP contribution in [-0.2, 0) is 9.59 Å². The zero-order valence-electron chi connectivity index (χ0n) is 21.4. The van der Waals surface area contributed by atoms with Crippen molar-refractivity contribution >= 4 is 23.2 Å². The molecule has 2 saturated carbocycles. The molecule has 6 heteroatoms. The Labute approximate surface area is 214 Å². The summed E-state index contributed by atoms with van der Waals surface area (Å²) in [5.41, 5.74) is 4.29. The van der Waals surface area contributed by atoms with E-state index in [9.17, 15) is 9.59 Å². The van der Waals surface area contributed by atoms with Gasteiger partial charge in [-0.25, -0.2) is 0 Å². The average Bonchev–Trinajstić information content (AvgIpc) is 3.48. The van der Waals surface area contributed by atoms with Crippen LogP contribution in [0.3, 0.4) is 0 Å². The van der Waals surface area contributed by atoms with Gasteiger partial charge in [0.1, 0.15) is 0 Å². The molecule has 2 amide bonds. The second-order valence-corrected chi connectivity index (χ2v) is 11.6. The number of pyridine rings is 1. The highest BCUT2D eigenvalue weighted by Gasteiger charge is 2.41. The van der Waals surface area contributed by atoms with E-state index in [1.54, 1.807) is 6.20 Å². The summed E-state index contributed by atoms with van der Waals surface area (Å²) in [6, 6.07) is 12.4. The summed E-state index contributed by atoms with van der Waals surface area (Å²) >= 11 is 0. The maximum atomic E-state index is 12.9. The fraction of sp³-hybridized carbons (Fsp3) is 0.567. The normalized spacial score (nSPS) is 26.2. The molecule has 2 aliphatic heterocycles. The van der Waals surface area contributed by atoms with Crippen molar-refractivity contribution in [2.45, 2.75) is 57.8 Å². The number of piperidine rings is 1. The summed E-state index contributed by atoms with van der Waals surface area (Å²) in [5.74, 6) is 3.35. The van der Waals surface area contributed by atoms with Crippen molar-refractivity contribution in [2.24, 2.45) is 23.7 Å². The molecule has 1 aromatic carbocycles. The predicted octanol–water partition coefficient (Wildman–Crippen LogP) is 5.00. The minimum absolute atomic E-state index is 0.00515. The number of likely N-dealkylation sites (tertiary alicyclic amines) is 1. The Bertz CT molecular complexity index is 1100. The Balaban J connectivity index is 0.953. The van der Waals surface area contributed by atoms with Crippen LogP contribution in [0.1, 0.15) is 62.1 Å². The van der Waals surface area contributed by atoms with Crippen LogP contribution in [0.15, 0.2) is 42.6 Å². The van der Waals surface area contributed by atoms with Crippen LogP contribution < -0.4 is 10.2 Å². The first-order valence-corrected chi connectivity index (χ1v) is 13.9. The summed E-state index contributed by atoms with van der Waals surface area (Å²) < 4.78 is 0. The number of hydrogen-bond donors (Lipinski definition) is 1. The van der Waals surface area contributed by atoms with E-state index in [1.807, 2.05) is 25.1 Å². The summed E-state index contributed by atoms with van der Waals surface area (Å²) in [4.78, 5) is 34.3. The van der Waals surface area contributed by atoms with Crippen molar-refractivity contribution in [1.29, 1.82) is 0 Å². The number of rotatable bonds is 6. The maximum Gasteiger partial charge on any atom is 0.231 e. The Hall–Kier alpha value is -2.89. The number of anilines is 2. The first kappa shape index (κ1) is 23.5. The van der Waals surface area contributed by atoms with Gasteiger partial charge in [-0.1, -0.05) is 18.6 Å². The van der Waals surface area contributed by atoms with Crippen LogP contribution in [0, 0.1) is 30.6 Å². The van der Waals surface area contributed by atoms with Crippen LogP contribution >= 0.6 is 0 Å².